The molecule has 0 fully saturated rings. The highest BCUT2D eigenvalue weighted by Crippen LogP contribution is 2.17. The van der Waals surface area contributed by atoms with Crippen molar-refractivity contribution in [2.75, 3.05) is 4.72 Å². The van der Waals surface area contributed by atoms with Crippen LogP contribution in [0.2, 0.25) is 0 Å². The summed E-state index contributed by atoms with van der Waals surface area (Å²) in [6, 6.07) is 1.88. The molecule has 1 N–H and O–H groups in total. The molecule has 0 aromatic carbocycles. The molecule has 2 aromatic heterocycles. The Hall–Kier alpha value is -2.34. The lowest BCUT2D eigenvalue weighted by molar-refractivity contribution is 0.597. The van der Waals surface area contributed by atoms with Crippen molar-refractivity contribution in [3.05, 3.63) is 23.8 Å². The van der Waals surface area contributed by atoms with Crippen LogP contribution in [0.5, 0.6) is 0 Å². The molecule has 9 heteroatoms. The molecule has 0 radical (unpaired) electrons. The smallest absolute Gasteiger partial charge is 0.282 e. The Morgan fingerprint density at radius 1 is 1.45 bits per heavy atom. The molecular formula is C11H14N6O2S. The van der Waals surface area contributed by atoms with Crippen LogP contribution in [0.15, 0.2) is 17.4 Å². The van der Waals surface area contributed by atoms with Crippen molar-refractivity contribution in [1.29, 1.82) is 5.26 Å². The van der Waals surface area contributed by atoms with Crippen LogP contribution in [0.4, 0.5) is 5.82 Å². The SMILES string of the molecule is CCn1cc(S(=O)(=O)Nc2nn(C)cc2C#N)nc1C. The Morgan fingerprint density at radius 2 is 2.15 bits per heavy atom. The van der Waals surface area contributed by atoms with Gasteiger partial charge in [-0.1, -0.05) is 0 Å². The van der Waals surface area contributed by atoms with Crippen LogP contribution < -0.4 is 4.72 Å². The van der Waals surface area contributed by atoms with E-state index in [0.717, 1.165) is 0 Å². The van der Waals surface area contributed by atoms with E-state index < -0.39 is 10.0 Å². The van der Waals surface area contributed by atoms with Gasteiger partial charge in [-0.25, -0.2) is 4.98 Å². The summed E-state index contributed by atoms with van der Waals surface area (Å²) in [5, 5.41) is 12.7. The van der Waals surface area contributed by atoms with E-state index in [2.05, 4.69) is 14.8 Å². The minimum atomic E-state index is -3.85. The largest absolute Gasteiger partial charge is 0.334 e. The number of aromatic nitrogens is 4. The molecule has 0 saturated heterocycles. The first-order chi connectivity index (χ1) is 9.37. The number of hydrogen-bond acceptors (Lipinski definition) is 5. The summed E-state index contributed by atoms with van der Waals surface area (Å²) >= 11 is 0. The lowest BCUT2D eigenvalue weighted by Gasteiger charge is -2.02. The Kier molecular flexibility index (Phi) is 3.50. The zero-order valence-electron chi connectivity index (χ0n) is 11.3. The van der Waals surface area contributed by atoms with E-state index in [9.17, 15) is 8.42 Å². The molecule has 0 aliphatic carbocycles. The number of nitriles is 1. The van der Waals surface area contributed by atoms with Crippen molar-refractivity contribution < 1.29 is 8.42 Å². The fraction of sp³-hybridized carbons (Fsp3) is 0.364. The van der Waals surface area contributed by atoms with Crippen LogP contribution in [-0.2, 0) is 23.6 Å². The van der Waals surface area contributed by atoms with Gasteiger partial charge in [-0.2, -0.15) is 18.8 Å². The Morgan fingerprint density at radius 3 is 2.70 bits per heavy atom. The van der Waals surface area contributed by atoms with Gasteiger partial charge < -0.3 is 4.57 Å². The topological polar surface area (TPSA) is 106 Å². The van der Waals surface area contributed by atoms with Gasteiger partial charge in [0.05, 0.1) is 0 Å². The molecule has 2 aromatic rings. The lowest BCUT2D eigenvalue weighted by Crippen LogP contribution is -2.14. The summed E-state index contributed by atoms with van der Waals surface area (Å²) in [7, 11) is -2.25. The second kappa shape index (κ2) is 4.97. The third-order valence-corrected chi connectivity index (χ3v) is 3.96. The molecule has 0 aliphatic rings. The summed E-state index contributed by atoms with van der Waals surface area (Å²) in [6.07, 6.45) is 2.89. The van der Waals surface area contributed by atoms with Crippen molar-refractivity contribution in [3.63, 3.8) is 0 Å². The summed E-state index contributed by atoms with van der Waals surface area (Å²) in [6.45, 7) is 4.25. The van der Waals surface area contributed by atoms with E-state index >= 15 is 0 Å². The van der Waals surface area contributed by atoms with Gasteiger partial charge in [-0.05, 0) is 13.8 Å². The van der Waals surface area contributed by atoms with Crippen molar-refractivity contribution in [2.45, 2.75) is 25.4 Å². The number of aryl methyl sites for hydroxylation is 3. The van der Waals surface area contributed by atoms with E-state index in [1.807, 2.05) is 13.0 Å². The molecule has 0 unspecified atom stereocenters. The van der Waals surface area contributed by atoms with Gasteiger partial charge in [-0.15, -0.1) is 0 Å². The number of sulfonamides is 1. The van der Waals surface area contributed by atoms with Crippen LogP contribution in [-0.4, -0.2) is 27.7 Å². The van der Waals surface area contributed by atoms with Gasteiger partial charge in [0.2, 0.25) is 0 Å². The first-order valence-electron chi connectivity index (χ1n) is 5.87. The number of imidazole rings is 1. The third kappa shape index (κ3) is 2.50. The molecular weight excluding hydrogens is 280 g/mol. The van der Waals surface area contributed by atoms with Gasteiger partial charge in [0.15, 0.2) is 10.8 Å². The standard InChI is InChI=1S/C11H14N6O2S/c1-4-17-7-10(13-8(17)2)20(18,19)15-11-9(5-12)6-16(3)14-11/h6-7H,4H2,1-3H3,(H,14,15). The predicted octanol–water partition coefficient (Wildman–Crippen LogP) is 0.617. The fourth-order valence-electron chi connectivity index (χ4n) is 1.75. The summed E-state index contributed by atoms with van der Waals surface area (Å²) in [5.41, 5.74) is 0.155. The molecule has 2 heterocycles. The predicted molar refractivity (Wildman–Crippen MR) is 71.4 cm³/mol. The normalized spacial score (nSPS) is 11.3. The average molecular weight is 294 g/mol. The lowest BCUT2D eigenvalue weighted by atomic mass is 10.4. The van der Waals surface area contributed by atoms with Crippen LogP contribution in [0, 0.1) is 18.3 Å². The van der Waals surface area contributed by atoms with E-state index in [4.69, 9.17) is 5.26 Å². The minimum absolute atomic E-state index is 0.00120. The van der Waals surface area contributed by atoms with Crippen LogP contribution in [0.3, 0.4) is 0 Å². The number of hydrogen-bond donors (Lipinski definition) is 1. The third-order valence-electron chi connectivity index (χ3n) is 2.75. The van der Waals surface area contributed by atoms with Gasteiger partial charge >= 0.3 is 0 Å². The van der Waals surface area contributed by atoms with Crippen LogP contribution in [0.1, 0.15) is 18.3 Å². The molecule has 20 heavy (non-hydrogen) atoms. The fourth-order valence-corrected chi connectivity index (χ4v) is 2.78. The quantitative estimate of drug-likeness (QED) is 0.889. The highest BCUT2D eigenvalue weighted by atomic mass is 32.2. The average Bonchev–Trinajstić information content (AvgIpc) is 2.92. The van der Waals surface area contributed by atoms with E-state index in [-0.39, 0.29) is 16.4 Å². The number of nitrogens with zero attached hydrogens (tertiary/aromatic N) is 5. The maximum absolute atomic E-state index is 12.2. The second-order valence-electron chi connectivity index (χ2n) is 4.19. The van der Waals surface area contributed by atoms with Gasteiger partial charge in [0.25, 0.3) is 10.0 Å². The summed E-state index contributed by atoms with van der Waals surface area (Å²) < 4.78 is 29.8. The Bertz CT molecular complexity index is 780. The molecule has 106 valence electrons. The van der Waals surface area contributed by atoms with Crippen LogP contribution in [0.25, 0.3) is 0 Å². The van der Waals surface area contributed by atoms with Gasteiger partial charge in [-0.3, -0.25) is 9.40 Å². The second-order valence-corrected chi connectivity index (χ2v) is 5.82. The van der Waals surface area contributed by atoms with Gasteiger partial charge in [0.1, 0.15) is 17.5 Å². The van der Waals surface area contributed by atoms with E-state index in [1.165, 1.54) is 17.1 Å². The first-order valence-corrected chi connectivity index (χ1v) is 7.36. The molecule has 0 amide bonds. The Balaban J connectivity index is 2.38. The summed E-state index contributed by atoms with van der Waals surface area (Å²) in [5.74, 6) is 0.605. The zero-order valence-corrected chi connectivity index (χ0v) is 12.1. The minimum Gasteiger partial charge on any atom is -0.334 e. The van der Waals surface area contributed by atoms with Crippen molar-refractivity contribution in [1.82, 2.24) is 19.3 Å². The molecule has 2 rings (SSSR count). The highest BCUT2D eigenvalue weighted by Gasteiger charge is 2.22. The first kappa shape index (κ1) is 14.1. The maximum Gasteiger partial charge on any atom is 0.282 e. The van der Waals surface area contributed by atoms with Crippen molar-refractivity contribution >= 4 is 15.8 Å². The molecule has 0 saturated carbocycles. The maximum atomic E-state index is 12.2. The molecule has 0 bridgehead atoms. The van der Waals surface area contributed by atoms with Crippen molar-refractivity contribution in [2.24, 2.45) is 7.05 Å². The van der Waals surface area contributed by atoms with Gasteiger partial charge in [0, 0.05) is 26.0 Å². The zero-order chi connectivity index (χ0) is 14.9. The van der Waals surface area contributed by atoms with E-state index in [0.29, 0.717) is 12.4 Å². The summed E-state index contributed by atoms with van der Waals surface area (Å²) in [4.78, 5) is 4.01. The Labute approximate surface area is 116 Å². The molecule has 0 atom stereocenters. The molecule has 0 spiro atoms. The van der Waals surface area contributed by atoms with Crippen molar-refractivity contribution in [3.8, 4) is 6.07 Å². The molecule has 0 aliphatic heterocycles. The highest BCUT2D eigenvalue weighted by molar-refractivity contribution is 7.92. The van der Waals surface area contributed by atoms with Crippen LogP contribution >= 0.6 is 0 Å². The number of rotatable bonds is 4. The number of nitrogens with one attached hydrogen (secondary N) is 1. The van der Waals surface area contributed by atoms with E-state index in [1.54, 1.807) is 18.5 Å². The number of anilines is 1. The molecule has 8 nitrogen and oxygen atoms in total. The monoisotopic (exact) mass is 294 g/mol.